The smallest absolute Gasteiger partial charge is 0.326 e. The molecule has 6 rings (SSSR count). The van der Waals surface area contributed by atoms with Gasteiger partial charge in [-0.1, -0.05) is 73.5 Å². The molecule has 1 unspecified atom stereocenters. The van der Waals surface area contributed by atoms with E-state index in [4.69, 9.17) is 29.6 Å². The van der Waals surface area contributed by atoms with Gasteiger partial charge in [-0.2, -0.15) is 5.10 Å². The second kappa shape index (κ2) is 30.9. The van der Waals surface area contributed by atoms with Gasteiger partial charge >= 0.3 is 23.9 Å². The summed E-state index contributed by atoms with van der Waals surface area (Å²) >= 11 is 0.715. The van der Waals surface area contributed by atoms with Crippen LogP contribution in [0.5, 0.6) is 17.4 Å². The molecule has 3 heterocycles. The Kier molecular flexibility index (Phi) is 23.4. The lowest BCUT2D eigenvalue weighted by Crippen LogP contribution is -2.57. The van der Waals surface area contributed by atoms with Gasteiger partial charge < -0.3 is 61.2 Å². The zero-order valence-corrected chi connectivity index (χ0v) is 45.8. The summed E-state index contributed by atoms with van der Waals surface area (Å²) in [5.74, 6) is -10.8. The van der Waals surface area contributed by atoms with Crippen LogP contribution < -0.4 is 46.2 Å². The third-order valence-corrected chi connectivity index (χ3v) is 13.0. The van der Waals surface area contributed by atoms with Gasteiger partial charge in [-0.05, 0) is 72.2 Å². The largest absolute Gasteiger partial charge is 0.481 e. The van der Waals surface area contributed by atoms with Gasteiger partial charge in [0.05, 0.1) is 61.8 Å². The lowest BCUT2D eigenvalue weighted by molar-refractivity contribution is -0.432. The van der Waals surface area contributed by atoms with E-state index in [0.717, 1.165) is 22.9 Å². The van der Waals surface area contributed by atoms with E-state index in [1.807, 2.05) is 85.1 Å². The Bertz CT molecular complexity index is 3210. The number of amides is 5. The molecule has 0 aliphatic carbocycles. The summed E-state index contributed by atoms with van der Waals surface area (Å²) < 4.78 is 21.8. The monoisotopic (exact) mass is 1180 g/mol. The number of nitrogens with zero attached hydrogens (tertiary/aromatic N) is 3. The van der Waals surface area contributed by atoms with E-state index in [2.05, 4.69) is 40.8 Å². The van der Waals surface area contributed by atoms with Crippen LogP contribution in [0.1, 0.15) is 74.7 Å². The Morgan fingerprint density at radius 3 is 2.02 bits per heavy atom. The average molecular weight is 1180 g/mol. The number of anilines is 1. The molecule has 5 aromatic rings. The lowest BCUT2D eigenvalue weighted by atomic mass is 9.87. The third kappa shape index (κ3) is 20.1. The predicted molar refractivity (Wildman–Crippen MR) is 296 cm³/mol. The van der Waals surface area contributed by atoms with Crippen LogP contribution in [0.25, 0.3) is 22.4 Å². The van der Waals surface area contributed by atoms with E-state index in [-0.39, 0.29) is 31.3 Å². The Labute approximate surface area is 482 Å². The normalized spacial score (nSPS) is 13.1. The summed E-state index contributed by atoms with van der Waals surface area (Å²) in [6.45, 7) is 4.18. The number of ether oxygens (including phenoxy) is 3. The number of hydrazone groups is 1. The zero-order chi connectivity index (χ0) is 60.8. The first-order valence-electron chi connectivity index (χ1n) is 25.6. The molecule has 0 bridgehead atoms. The quantitative estimate of drug-likeness (QED) is 0.00919. The van der Waals surface area contributed by atoms with Crippen LogP contribution in [0.2, 0.25) is 0 Å². The highest BCUT2D eigenvalue weighted by molar-refractivity contribution is 7.94. The number of carbonyl (C=O) groups is 9. The van der Waals surface area contributed by atoms with Crippen LogP contribution >= 0.6 is 12.0 Å². The van der Waals surface area contributed by atoms with Crippen molar-refractivity contribution in [3.8, 4) is 39.8 Å². The van der Waals surface area contributed by atoms with Crippen molar-refractivity contribution >= 4 is 77.5 Å². The average Bonchev–Trinajstić information content (AvgIpc) is 4.15. The van der Waals surface area contributed by atoms with E-state index < -0.39 is 109 Å². The van der Waals surface area contributed by atoms with Gasteiger partial charge in [0, 0.05) is 34.8 Å². The molecule has 5 amide bonds. The van der Waals surface area contributed by atoms with E-state index in [0.29, 0.717) is 64.8 Å². The number of rotatable bonds is 33. The molecule has 0 spiro atoms. The second-order valence-corrected chi connectivity index (χ2v) is 20.1. The van der Waals surface area contributed by atoms with Crippen LogP contribution in [0, 0.1) is 5.41 Å². The molecule has 28 nitrogen and oxygen atoms in total. The third-order valence-electron chi connectivity index (χ3n) is 12.3. The van der Waals surface area contributed by atoms with Crippen LogP contribution in [0.15, 0.2) is 113 Å². The van der Waals surface area contributed by atoms with Crippen molar-refractivity contribution in [2.45, 2.75) is 87.9 Å². The Hall–Kier alpha value is -9.71. The van der Waals surface area contributed by atoms with Gasteiger partial charge in [0.25, 0.3) is 5.91 Å². The number of aromatic nitrogens is 2. The Morgan fingerprint density at radius 1 is 0.690 bits per heavy atom. The van der Waals surface area contributed by atoms with Crippen molar-refractivity contribution in [1.29, 1.82) is 0 Å². The maximum Gasteiger partial charge on any atom is 0.326 e. The molecule has 0 saturated carbocycles. The summed E-state index contributed by atoms with van der Waals surface area (Å²) in [7, 11) is 0. The fourth-order valence-electron chi connectivity index (χ4n) is 8.05. The molecule has 84 heavy (non-hydrogen) atoms. The zero-order valence-electron chi connectivity index (χ0n) is 45.0. The number of pyridine rings is 2. The van der Waals surface area contributed by atoms with Crippen molar-refractivity contribution < 1.29 is 92.4 Å². The fraction of sp³-hybridized carbons (Fsp3) is 0.309. The van der Waals surface area contributed by atoms with Gasteiger partial charge in [0.2, 0.25) is 36.3 Å². The highest BCUT2D eigenvalue weighted by Crippen LogP contribution is 2.38. The van der Waals surface area contributed by atoms with Gasteiger partial charge in [0.1, 0.15) is 30.0 Å². The van der Waals surface area contributed by atoms with Crippen LogP contribution in [-0.2, 0) is 47.7 Å². The highest BCUT2D eigenvalue weighted by atomic mass is 32.2. The molecule has 1 aliphatic rings. The minimum atomic E-state index is -2.10. The summed E-state index contributed by atoms with van der Waals surface area (Å²) in [4.78, 5) is 124. The van der Waals surface area contributed by atoms with E-state index >= 15 is 0 Å². The van der Waals surface area contributed by atoms with Crippen molar-refractivity contribution in [2.75, 3.05) is 25.4 Å². The van der Waals surface area contributed by atoms with Crippen LogP contribution in [0.4, 0.5) is 5.82 Å². The number of carboxylic acids is 4. The van der Waals surface area contributed by atoms with Crippen molar-refractivity contribution in [3.63, 3.8) is 0 Å². The predicted octanol–water partition coefficient (Wildman–Crippen LogP) is 4.26. The SMILES string of the molecule is CC(C)(CCCCOc1cc(-c2ccc3c(c2)OCO3)cc(-c2ccccc2)n1)CNC(=O)C(CC(=O)N[C@@H](CC(=O)O)C(=O)N[C@@H](CC(=O)O)C(=O)N[C@@H](CC(=O)O)C(=O)O)NC(=O)c1ccc(N/N=C/c2ccccc2SOOO)nc1. The summed E-state index contributed by atoms with van der Waals surface area (Å²) in [5, 5.41) is 65.1. The number of nitrogens with one attached hydrogen (secondary N) is 6. The number of hydrogen-bond donors (Lipinski definition) is 11. The number of benzene rings is 3. The van der Waals surface area contributed by atoms with Crippen LogP contribution in [0.3, 0.4) is 0 Å². The maximum absolute atomic E-state index is 14.1. The molecular weight excluding hydrogens is 1120 g/mol. The maximum atomic E-state index is 14.1. The minimum absolute atomic E-state index is 0.0142. The number of carbonyl (C=O) groups excluding carboxylic acids is 5. The van der Waals surface area contributed by atoms with Gasteiger partial charge in [-0.15, -0.1) is 4.33 Å². The number of aliphatic carboxylic acids is 4. The first-order chi connectivity index (χ1) is 40.2. The van der Waals surface area contributed by atoms with Gasteiger partial charge in [0.15, 0.2) is 11.5 Å². The highest BCUT2D eigenvalue weighted by Gasteiger charge is 2.34. The van der Waals surface area contributed by atoms with E-state index in [1.54, 1.807) is 24.3 Å². The number of unbranched alkanes of at least 4 members (excludes halogenated alkanes) is 1. The summed E-state index contributed by atoms with van der Waals surface area (Å²) in [5.41, 5.74) is 5.84. The molecule has 0 radical (unpaired) electrons. The number of hydrogen-bond acceptors (Lipinski definition) is 20. The molecule has 4 atom stereocenters. The molecule has 0 fully saturated rings. The molecule has 444 valence electrons. The molecule has 2 aromatic heterocycles. The first kappa shape index (κ1) is 63.5. The van der Waals surface area contributed by atoms with Crippen molar-refractivity contribution in [2.24, 2.45) is 10.5 Å². The molecule has 1 aliphatic heterocycles. The number of carboxylic acid groups (broad SMARTS) is 4. The number of fused-ring (bicyclic) bond motifs is 1. The Balaban J connectivity index is 1.12. The molecular formula is C55H59N9O19S. The van der Waals surface area contributed by atoms with Gasteiger partial charge in [-0.3, -0.25) is 43.8 Å². The molecule has 3 aromatic carbocycles. The molecule has 0 saturated heterocycles. The van der Waals surface area contributed by atoms with Crippen molar-refractivity contribution in [1.82, 2.24) is 36.6 Å². The molecule has 29 heteroatoms. The first-order valence-corrected chi connectivity index (χ1v) is 26.4. The summed E-state index contributed by atoms with van der Waals surface area (Å²) in [6, 6.07) is 20.6. The van der Waals surface area contributed by atoms with Gasteiger partial charge in [-0.25, -0.2) is 20.0 Å². The minimum Gasteiger partial charge on any atom is -0.481 e. The second-order valence-electron chi connectivity index (χ2n) is 19.4. The summed E-state index contributed by atoms with van der Waals surface area (Å²) in [6.07, 6.45) is -0.114. The Morgan fingerprint density at radius 2 is 1.35 bits per heavy atom. The standard InChI is InChI=1S/C55H59N9O19S/c1-55(2,18-8-9-19-79-46-22-35(20-36(60-46)31-10-4-3-5-11-31)32-14-16-41-42(21-32)81-30-80-41)29-57-51(73)37(61-50(72)34-15-17-44(56-27-34)64-58-28-33-12-6-7-13-43(33)84-83-82-78)23-45(65)59-38(24-47(66)67)52(74)62-39(25-48(68)69)53(75)63-40(54(76)77)26-49(70)71/h3-7,10-17,20-22,27-28,37-40,78H,8-9,18-19,23-26,29-30H2,1-2H3,(H,56,64)(H,57,73)(H,59,65)(H,61,72)(H,62,74)(H,63,75)(H,66,67)(H,68,69)(H,70,71)(H,76,77)/b58-28+/t37?,38-,39-,40-/m0/s1. The fourth-order valence-corrected chi connectivity index (χ4v) is 8.51. The lowest BCUT2D eigenvalue weighted by Gasteiger charge is -2.27. The van der Waals surface area contributed by atoms with E-state index in [1.165, 1.54) is 18.3 Å². The van der Waals surface area contributed by atoms with Crippen molar-refractivity contribution in [3.05, 3.63) is 114 Å². The molecule has 11 N–H and O–H groups in total. The van der Waals surface area contributed by atoms with E-state index in [9.17, 15) is 58.5 Å². The topological polar surface area (TPSA) is 411 Å². The van der Waals surface area contributed by atoms with Crippen LogP contribution in [-0.4, -0.2) is 139 Å².